The summed E-state index contributed by atoms with van der Waals surface area (Å²) in [5, 5.41) is 18.8. The van der Waals surface area contributed by atoms with Crippen molar-refractivity contribution >= 4 is 52.8 Å². The molecule has 3 aromatic rings. The number of amides is 5. The third kappa shape index (κ3) is 7.85. The smallest absolute Gasteiger partial charge is 0.324 e. The second kappa shape index (κ2) is 15.9. The van der Waals surface area contributed by atoms with Gasteiger partial charge in [0, 0.05) is 62.4 Å². The van der Waals surface area contributed by atoms with Gasteiger partial charge in [0.1, 0.15) is 17.9 Å². The number of benzene rings is 2. The van der Waals surface area contributed by atoms with Crippen molar-refractivity contribution in [1.82, 2.24) is 30.6 Å². The summed E-state index contributed by atoms with van der Waals surface area (Å²) in [6, 6.07) is 11.9. The van der Waals surface area contributed by atoms with Crippen molar-refractivity contribution in [2.45, 2.75) is 82.4 Å². The standard InChI is InChI=1S/C42H46ClN9O7/c43-33-20-30(5-1-26(33)21-44)58-29-6-2-27(3-7-29)45-38(55)36-47-41(59-48-36)50-15-11-25(12-16-50)22-49-17-13-42(14-18-49)23-51(24-42)28-4-8-31-32(19-28)40(57)52(39(31)56)34-9-10-35(53)46-37(34)54/h1,4-5,8,19-20,25,27,29,34H,2-3,6-7,9-18,22-24H2,(H,45,55)(H,46,53,54). The van der Waals surface area contributed by atoms with Crippen molar-refractivity contribution in [3.05, 3.63) is 63.9 Å². The van der Waals surface area contributed by atoms with Crippen LogP contribution in [-0.2, 0) is 9.59 Å². The first kappa shape index (κ1) is 39.0. The average Bonchev–Trinajstić information content (AvgIpc) is 3.81. The third-order valence-electron chi connectivity index (χ3n) is 13.2. The van der Waals surface area contributed by atoms with Crippen LogP contribution in [0.25, 0.3) is 0 Å². The average molecular weight is 824 g/mol. The molecule has 2 N–H and O–H groups in total. The van der Waals surface area contributed by atoms with E-state index in [1.165, 1.54) is 0 Å². The van der Waals surface area contributed by atoms with Crippen molar-refractivity contribution < 1.29 is 33.2 Å². The molecule has 9 rings (SSSR count). The second-order valence-corrected chi connectivity index (χ2v) is 17.4. The van der Waals surface area contributed by atoms with Gasteiger partial charge in [-0.05, 0) is 112 Å². The minimum Gasteiger partial charge on any atom is -0.490 e. The monoisotopic (exact) mass is 823 g/mol. The molecular weight excluding hydrogens is 778 g/mol. The normalized spacial score (nSPS) is 24.7. The lowest BCUT2D eigenvalue weighted by molar-refractivity contribution is -0.136. The number of likely N-dealkylation sites (tertiary alicyclic amines) is 1. The number of anilines is 2. The van der Waals surface area contributed by atoms with Gasteiger partial charge in [-0.25, -0.2) is 0 Å². The molecule has 6 heterocycles. The summed E-state index contributed by atoms with van der Waals surface area (Å²) in [7, 11) is 0. The molecular formula is C42H46ClN9O7. The van der Waals surface area contributed by atoms with E-state index in [0.29, 0.717) is 39.4 Å². The molecule has 4 saturated heterocycles. The Labute approximate surface area is 346 Å². The van der Waals surface area contributed by atoms with E-state index in [4.69, 9.17) is 26.1 Å². The lowest BCUT2D eigenvalue weighted by Gasteiger charge is -2.55. The summed E-state index contributed by atoms with van der Waals surface area (Å²) < 4.78 is 11.6. The van der Waals surface area contributed by atoms with Crippen LogP contribution in [0.3, 0.4) is 0 Å². The Morgan fingerprint density at radius 2 is 1.68 bits per heavy atom. The van der Waals surface area contributed by atoms with Crippen LogP contribution in [0.5, 0.6) is 5.75 Å². The molecule has 1 aromatic heterocycles. The molecule has 17 heteroatoms. The highest BCUT2D eigenvalue weighted by molar-refractivity contribution is 6.31. The minimum atomic E-state index is -0.971. The summed E-state index contributed by atoms with van der Waals surface area (Å²) in [6.45, 7) is 6.49. The van der Waals surface area contributed by atoms with E-state index in [9.17, 15) is 24.0 Å². The quantitative estimate of drug-likeness (QED) is 0.295. The number of rotatable bonds is 9. The van der Waals surface area contributed by atoms with E-state index in [2.05, 4.69) is 35.5 Å². The number of ether oxygens (including phenoxy) is 1. The first-order chi connectivity index (χ1) is 28.5. The van der Waals surface area contributed by atoms with Crippen molar-refractivity contribution in [2.75, 3.05) is 55.6 Å². The Morgan fingerprint density at radius 1 is 0.932 bits per heavy atom. The number of imide groups is 2. The molecule has 5 amide bonds. The largest absolute Gasteiger partial charge is 0.490 e. The summed E-state index contributed by atoms with van der Waals surface area (Å²) in [6.07, 6.45) is 7.49. The molecule has 5 fully saturated rings. The van der Waals surface area contributed by atoms with Gasteiger partial charge in [0.25, 0.3) is 23.5 Å². The highest BCUT2D eigenvalue weighted by Gasteiger charge is 2.48. The van der Waals surface area contributed by atoms with Gasteiger partial charge in [-0.2, -0.15) is 10.2 Å². The Morgan fingerprint density at radius 3 is 2.39 bits per heavy atom. The van der Waals surface area contributed by atoms with E-state index in [1.54, 1.807) is 30.3 Å². The van der Waals surface area contributed by atoms with Gasteiger partial charge in [-0.15, -0.1) is 0 Å². The lowest BCUT2D eigenvalue weighted by Crippen LogP contribution is -2.60. The molecule has 1 aliphatic carbocycles. The number of halogens is 1. The molecule has 1 saturated carbocycles. The maximum absolute atomic E-state index is 13.3. The Hall–Kier alpha value is -5.53. The Balaban J connectivity index is 0.687. The summed E-state index contributed by atoms with van der Waals surface area (Å²) in [5.41, 5.74) is 2.16. The molecule has 1 atom stereocenters. The van der Waals surface area contributed by atoms with Gasteiger partial charge < -0.3 is 29.3 Å². The zero-order valence-electron chi connectivity index (χ0n) is 32.7. The lowest BCUT2D eigenvalue weighted by atomic mass is 9.71. The van der Waals surface area contributed by atoms with Crippen LogP contribution >= 0.6 is 11.6 Å². The molecule has 0 radical (unpaired) electrons. The van der Waals surface area contributed by atoms with Gasteiger partial charge in [0.15, 0.2) is 0 Å². The van der Waals surface area contributed by atoms with Crippen LogP contribution in [0.4, 0.5) is 11.7 Å². The Bertz CT molecular complexity index is 2210. The van der Waals surface area contributed by atoms with Crippen LogP contribution < -0.4 is 25.2 Å². The maximum Gasteiger partial charge on any atom is 0.324 e. The van der Waals surface area contributed by atoms with Crippen molar-refractivity contribution in [1.29, 1.82) is 5.26 Å². The van der Waals surface area contributed by atoms with Gasteiger partial charge in [-0.3, -0.25) is 34.2 Å². The van der Waals surface area contributed by atoms with Gasteiger partial charge in [0.05, 0.1) is 27.8 Å². The summed E-state index contributed by atoms with van der Waals surface area (Å²) in [5.74, 6) is -1.07. The Kier molecular flexibility index (Phi) is 10.5. The van der Waals surface area contributed by atoms with E-state index < -0.39 is 29.7 Å². The molecule has 1 spiro atoms. The number of fused-ring (bicyclic) bond motifs is 1. The fraction of sp³-hybridized carbons (Fsp3) is 0.524. The highest BCUT2D eigenvalue weighted by Crippen LogP contribution is 2.44. The summed E-state index contributed by atoms with van der Waals surface area (Å²) >= 11 is 6.15. The first-order valence-electron chi connectivity index (χ1n) is 20.6. The minimum absolute atomic E-state index is 0.00420. The zero-order chi connectivity index (χ0) is 40.8. The predicted octanol–water partition coefficient (Wildman–Crippen LogP) is 3.93. The number of hydrogen-bond donors (Lipinski definition) is 2. The van der Waals surface area contributed by atoms with Gasteiger partial charge >= 0.3 is 6.01 Å². The summed E-state index contributed by atoms with van der Waals surface area (Å²) in [4.78, 5) is 75.9. The topological polar surface area (TPSA) is 194 Å². The number of carbonyl (C=O) groups excluding carboxylic acids is 5. The zero-order valence-corrected chi connectivity index (χ0v) is 33.4. The second-order valence-electron chi connectivity index (χ2n) is 17.0. The number of nitriles is 1. The highest BCUT2D eigenvalue weighted by atomic mass is 35.5. The third-order valence-corrected chi connectivity index (χ3v) is 13.5. The van der Waals surface area contributed by atoms with Gasteiger partial charge in [-0.1, -0.05) is 11.6 Å². The number of nitrogens with zero attached hydrogens (tertiary/aromatic N) is 7. The molecule has 308 valence electrons. The molecule has 0 bridgehead atoms. The van der Waals surface area contributed by atoms with Crippen LogP contribution in [0, 0.1) is 22.7 Å². The van der Waals surface area contributed by atoms with Gasteiger partial charge in [0.2, 0.25) is 11.8 Å². The molecule has 5 aliphatic heterocycles. The fourth-order valence-corrected chi connectivity index (χ4v) is 9.88. The van der Waals surface area contributed by atoms with Crippen LogP contribution in [-0.4, -0.2) is 113 Å². The number of carbonyl (C=O) groups is 5. The fourth-order valence-electron chi connectivity index (χ4n) is 9.66. The van der Waals surface area contributed by atoms with E-state index in [1.807, 2.05) is 12.1 Å². The van der Waals surface area contributed by atoms with Crippen LogP contribution in [0.1, 0.15) is 101 Å². The van der Waals surface area contributed by atoms with E-state index in [0.717, 1.165) is 108 Å². The van der Waals surface area contributed by atoms with E-state index in [-0.39, 0.29) is 42.1 Å². The number of hydrogen-bond acceptors (Lipinski definition) is 13. The predicted molar refractivity (Wildman–Crippen MR) is 213 cm³/mol. The van der Waals surface area contributed by atoms with Crippen LogP contribution in [0.15, 0.2) is 40.9 Å². The van der Waals surface area contributed by atoms with E-state index >= 15 is 0 Å². The maximum atomic E-state index is 13.3. The molecule has 16 nitrogen and oxygen atoms in total. The van der Waals surface area contributed by atoms with Crippen molar-refractivity contribution in [2.24, 2.45) is 11.3 Å². The SMILES string of the molecule is N#Cc1ccc(OC2CCC(NC(=O)c3noc(N4CCC(CN5CCC6(CC5)CN(c5ccc7c(c5)C(=O)N(C5CCC(=O)NC5=O)C7=O)C6)CC4)n3)CC2)cc1Cl. The molecule has 6 aliphatic rings. The van der Waals surface area contributed by atoms with Crippen molar-refractivity contribution in [3.8, 4) is 11.8 Å². The van der Waals surface area contributed by atoms with Crippen LogP contribution in [0.2, 0.25) is 5.02 Å². The number of aromatic nitrogens is 2. The molecule has 59 heavy (non-hydrogen) atoms. The molecule has 2 aromatic carbocycles. The van der Waals surface area contributed by atoms with Crippen molar-refractivity contribution in [3.63, 3.8) is 0 Å². The first-order valence-corrected chi connectivity index (χ1v) is 21.0. The number of piperidine rings is 3. The number of nitrogens with one attached hydrogen (secondary N) is 2. The molecule has 1 unspecified atom stereocenters.